The van der Waals surface area contributed by atoms with Crippen molar-refractivity contribution in [3.05, 3.63) is 68.0 Å². The van der Waals surface area contributed by atoms with Crippen molar-refractivity contribution in [2.75, 3.05) is 119 Å². The molecule has 0 amide bonds. The van der Waals surface area contributed by atoms with Crippen molar-refractivity contribution in [3.63, 3.8) is 0 Å². The van der Waals surface area contributed by atoms with Crippen molar-refractivity contribution in [1.29, 1.82) is 0 Å². The maximum absolute atomic E-state index is 9.31. The normalized spacial score (nSPS) is 12.2. The second kappa shape index (κ2) is 54.1. The Morgan fingerprint density at radius 2 is 0.586 bits per heavy atom. The molecule has 0 spiro atoms. The zero-order valence-corrected chi connectivity index (χ0v) is 73.1. The molecule has 0 saturated carbocycles. The van der Waals surface area contributed by atoms with Crippen LogP contribution in [-0.2, 0) is 47.4 Å². The van der Waals surface area contributed by atoms with Gasteiger partial charge in [0.15, 0.2) is 0 Å². The van der Waals surface area contributed by atoms with E-state index in [-0.39, 0.29) is 106 Å². The molecule has 0 fully saturated rings. The Bertz CT molecular complexity index is 666. The van der Waals surface area contributed by atoms with Crippen molar-refractivity contribution >= 4 is 0 Å². The summed E-state index contributed by atoms with van der Waals surface area (Å²) in [5.41, 5.74) is -1.55. The average Bonchev–Trinajstić information content (AvgIpc) is 3.12. The van der Waals surface area contributed by atoms with Crippen LogP contribution in [0.15, 0.2) is 25.3 Å². The summed E-state index contributed by atoms with van der Waals surface area (Å²) in [5.74, 6) is 0. The Morgan fingerprint density at radius 1 is 0.379 bits per heavy atom. The maximum atomic E-state index is 9.31. The SMILES string of the molecule is C=CCOCC(O)COCC(O)CO[CH2-].C=CCOCC(O)COCC(O)CO[CH2-].[CH2-]OCC(CO)(CO)CO[CH2-].[CH2-]OCC(CO)(CO)CO[CH2-].[Rf].[Rf].[Rf].[Rf].[Rf].[Rf]. The van der Waals surface area contributed by atoms with Gasteiger partial charge in [-0.15, -0.1) is 13.2 Å². The molecule has 24 heteroatoms. The standard InChI is InChI=1S/2C10H19O5.2C7H14O4.6Rf/c2*1-3-4-14-6-10(12)8-15-7-9(11)5-13-2;2*1-10-5-7(3-8,4-9)6-11-2;;;;;;/h2*3,9-12H,1-2,4-8H2;2*8-9H,1-6H2;;;;;;/q2*-1;2*-2;;;;;;. The van der Waals surface area contributed by atoms with Crippen molar-refractivity contribution < 1.29 is 88.2 Å². The van der Waals surface area contributed by atoms with Crippen LogP contribution < -0.4 is 0 Å². The van der Waals surface area contributed by atoms with Crippen molar-refractivity contribution in [2.24, 2.45) is 10.8 Å². The summed E-state index contributed by atoms with van der Waals surface area (Å²) in [6, 6.07) is 0. The Kier molecular flexibility index (Phi) is 70.6. The third-order valence-electron chi connectivity index (χ3n) is 5.93. The summed E-state index contributed by atoms with van der Waals surface area (Å²) in [6.45, 7) is 8.53. The van der Waals surface area contributed by atoms with Crippen LogP contribution in [0.2, 0.25) is 0 Å². The summed E-state index contributed by atoms with van der Waals surface area (Å²) in [5, 5.41) is 72.4. The molecule has 0 rings (SSSR count). The van der Waals surface area contributed by atoms with E-state index in [2.05, 4.69) is 84.2 Å². The largest absolute Gasteiger partial charge is 0.554 e. The molecule has 0 aromatic heterocycles. The Hall–Kier alpha value is -7.24. The number of aliphatic hydroxyl groups excluding tert-OH is 8. The number of aliphatic hydroxyl groups is 8. The molecule has 18 nitrogen and oxygen atoms in total. The van der Waals surface area contributed by atoms with Gasteiger partial charge in [-0.25, -0.2) is 42.7 Å². The molecule has 0 aromatic carbocycles. The predicted molar refractivity (Wildman–Crippen MR) is 189 cm³/mol. The van der Waals surface area contributed by atoms with E-state index in [0.29, 0.717) is 13.2 Å². The molecule has 328 valence electrons. The first-order chi connectivity index (χ1) is 24.9. The van der Waals surface area contributed by atoms with Gasteiger partial charge in [-0.05, 0) is 0 Å². The van der Waals surface area contributed by atoms with Crippen LogP contribution in [-0.4, -0.2) is 184 Å². The fourth-order valence-electron chi connectivity index (χ4n) is 3.13. The predicted octanol–water partition coefficient (Wildman–Crippen LogP) is -1.38. The summed E-state index contributed by atoms with van der Waals surface area (Å²) in [4.78, 5) is 0. The van der Waals surface area contributed by atoms with Gasteiger partial charge in [0.1, 0.15) is 12.2 Å². The molecular formula is C34H66O18Rf6-6. The minimum atomic E-state index is -0.774. The van der Waals surface area contributed by atoms with Gasteiger partial charge in [0.25, 0.3) is 0 Å². The van der Waals surface area contributed by atoms with Crippen LogP contribution in [0.4, 0.5) is 0 Å². The third-order valence-corrected chi connectivity index (χ3v) is 5.93. The maximum Gasteiger partial charge on any atom is 0.101 e. The van der Waals surface area contributed by atoms with Gasteiger partial charge < -0.3 is 88.2 Å². The van der Waals surface area contributed by atoms with E-state index in [4.69, 9.17) is 49.6 Å². The van der Waals surface area contributed by atoms with Crippen LogP contribution in [0.3, 0.4) is 0 Å². The van der Waals surface area contributed by atoms with Crippen molar-refractivity contribution in [2.45, 2.75) is 24.4 Å². The molecule has 58 heavy (non-hydrogen) atoms. The van der Waals surface area contributed by atoms with Gasteiger partial charge in [0.2, 0.25) is 0 Å². The molecule has 0 aliphatic carbocycles. The molecule has 0 aromatic rings. The number of hydrogen-bond acceptors (Lipinski definition) is 18. The summed E-state index contributed by atoms with van der Waals surface area (Å²) >= 11 is 0. The zero-order chi connectivity index (χ0) is 40.5. The molecule has 0 radical (unpaired) electrons. The topological polar surface area (TPSA) is 254 Å². The van der Waals surface area contributed by atoms with E-state index in [0.717, 1.165) is 0 Å². The van der Waals surface area contributed by atoms with Gasteiger partial charge in [0.05, 0.1) is 102 Å². The van der Waals surface area contributed by atoms with E-state index < -0.39 is 35.2 Å². The summed E-state index contributed by atoms with van der Waals surface area (Å²) < 4.78 is 47.2. The summed E-state index contributed by atoms with van der Waals surface area (Å²) in [6.07, 6.45) is 0.370. The second-order valence-electron chi connectivity index (χ2n) is 11.1. The van der Waals surface area contributed by atoms with Crippen LogP contribution in [0, 0.1) is 53.5 Å². The molecule has 0 saturated heterocycles. The van der Waals surface area contributed by atoms with Gasteiger partial charge >= 0.3 is 0 Å². The van der Waals surface area contributed by atoms with Gasteiger partial charge in [-0.2, -0.15) is 0 Å². The molecule has 0 bridgehead atoms. The molecule has 0 heterocycles. The molecule has 4 unspecified atom stereocenters. The first-order valence-electron chi connectivity index (χ1n) is 15.8. The number of rotatable bonds is 32. The van der Waals surface area contributed by atoms with Gasteiger partial charge in [-0.3, -0.25) is 0 Å². The van der Waals surface area contributed by atoms with E-state index in [1.807, 2.05) is 0 Å². The molecule has 4 atom stereocenters. The monoisotopic (exact) mass is 2370 g/mol. The van der Waals surface area contributed by atoms with E-state index in [1.165, 1.54) is 0 Å². The molecule has 8 N–H and O–H groups in total. The van der Waals surface area contributed by atoms with E-state index in [1.54, 1.807) is 12.2 Å². The smallest absolute Gasteiger partial charge is 0.101 e. The minimum Gasteiger partial charge on any atom is -0.554 e. The fourth-order valence-corrected chi connectivity index (χ4v) is 3.13. The molecular weight excluding hydrogens is 2300 g/mol. The van der Waals surface area contributed by atoms with Crippen molar-refractivity contribution in [1.82, 2.24) is 0 Å². The first kappa shape index (κ1) is 75.7. The quantitative estimate of drug-likeness (QED) is 0.0220. The summed E-state index contributed by atoms with van der Waals surface area (Å²) in [7, 11) is 18.9. The second-order valence-corrected chi connectivity index (χ2v) is 11.1. The average molecular weight is 2360 g/mol. The van der Waals surface area contributed by atoms with Gasteiger partial charge in [-0.1, -0.05) is 12.2 Å². The Morgan fingerprint density at radius 3 is 0.759 bits per heavy atom. The number of ether oxygens (including phenoxy) is 10. The van der Waals surface area contributed by atoms with E-state index in [9.17, 15) is 10.2 Å². The Labute approximate surface area is 310 Å². The van der Waals surface area contributed by atoms with Crippen molar-refractivity contribution in [3.8, 4) is 0 Å². The minimum absolute atomic E-state index is 0. The van der Waals surface area contributed by atoms with Crippen LogP contribution in [0.1, 0.15) is 0 Å². The van der Waals surface area contributed by atoms with Crippen LogP contribution in [0.5, 0.6) is 0 Å². The van der Waals surface area contributed by atoms with Gasteiger partial charge in [0, 0.05) is 39.6 Å². The molecule has 0 aliphatic rings. The first-order valence-corrected chi connectivity index (χ1v) is 15.8. The van der Waals surface area contributed by atoms with Crippen LogP contribution in [0.25, 0.3) is 0 Å². The Balaban J connectivity index is -0.0000000646. The third kappa shape index (κ3) is 46.8. The zero-order valence-electron chi connectivity index (χ0n) is 34.8. The van der Waals surface area contributed by atoms with Crippen LogP contribution >= 0.6 is 0 Å². The number of hydrogen-bond donors (Lipinski definition) is 8. The van der Waals surface area contributed by atoms with E-state index >= 15 is 0 Å². The fraction of sp³-hybridized carbons (Fsp3) is 0.706. The molecule has 0 aliphatic heterocycles.